The van der Waals surface area contributed by atoms with E-state index in [-0.39, 0.29) is 5.92 Å². The fraction of sp³-hybridized carbons (Fsp3) is 0.500. The van der Waals surface area contributed by atoms with Crippen molar-refractivity contribution in [2.75, 3.05) is 6.54 Å². The van der Waals surface area contributed by atoms with Crippen molar-refractivity contribution in [1.29, 1.82) is 0 Å². The first-order chi connectivity index (χ1) is 6.79. The monoisotopic (exact) mass is 209 g/mol. The molecule has 3 nitrogen and oxygen atoms in total. The van der Waals surface area contributed by atoms with E-state index in [1.165, 1.54) is 4.88 Å². The van der Waals surface area contributed by atoms with Gasteiger partial charge in [0.2, 0.25) is 0 Å². The number of carbonyl (C=O) groups is 1. The molecular formula is C10H11NO2S. The number of hydrogen-bond donors (Lipinski definition) is 2. The van der Waals surface area contributed by atoms with Gasteiger partial charge in [-0.25, -0.2) is 0 Å². The highest BCUT2D eigenvalue weighted by Crippen LogP contribution is 2.57. The summed E-state index contributed by atoms with van der Waals surface area (Å²) in [6, 6.07) is 4.40. The molecule has 4 atom stereocenters. The van der Waals surface area contributed by atoms with Crippen LogP contribution in [0.25, 0.3) is 0 Å². The lowest BCUT2D eigenvalue weighted by Gasteiger charge is -2.12. The number of rotatable bonds is 2. The van der Waals surface area contributed by atoms with E-state index in [1.54, 1.807) is 11.3 Å². The van der Waals surface area contributed by atoms with Gasteiger partial charge in [-0.1, -0.05) is 6.07 Å². The quantitative estimate of drug-likeness (QED) is 0.772. The summed E-state index contributed by atoms with van der Waals surface area (Å²) in [6.45, 7) is 0.865. The van der Waals surface area contributed by atoms with E-state index in [2.05, 4.69) is 11.4 Å². The molecule has 2 heterocycles. The largest absolute Gasteiger partial charge is 0.481 e. The lowest BCUT2D eigenvalue weighted by atomic mass is 10.1. The Balaban J connectivity index is 1.82. The first-order valence-corrected chi connectivity index (χ1v) is 5.66. The summed E-state index contributed by atoms with van der Waals surface area (Å²) >= 11 is 1.71. The number of carboxylic acid groups (broad SMARTS) is 1. The predicted molar refractivity (Wildman–Crippen MR) is 53.2 cm³/mol. The maximum Gasteiger partial charge on any atom is 0.307 e. The molecule has 74 valence electrons. The molecule has 2 aliphatic rings. The van der Waals surface area contributed by atoms with Gasteiger partial charge in [-0.15, -0.1) is 11.3 Å². The second kappa shape index (κ2) is 2.81. The molecule has 1 aromatic heterocycles. The number of carboxylic acids is 1. The summed E-state index contributed by atoms with van der Waals surface area (Å²) in [5.41, 5.74) is 0. The topological polar surface area (TPSA) is 49.3 Å². The van der Waals surface area contributed by atoms with E-state index in [1.807, 2.05) is 11.4 Å². The van der Waals surface area contributed by atoms with Crippen molar-refractivity contribution in [3.05, 3.63) is 22.4 Å². The van der Waals surface area contributed by atoms with Crippen LogP contribution in [-0.2, 0) is 4.79 Å². The maximum absolute atomic E-state index is 10.9. The molecule has 1 saturated carbocycles. The van der Waals surface area contributed by atoms with Crippen LogP contribution >= 0.6 is 11.3 Å². The van der Waals surface area contributed by atoms with Crippen LogP contribution in [0.5, 0.6) is 0 Å². The highest BCUT2D eigenvalue weighted by molar-refractivity contribution is 7.10. The molecule has 2 N–H and O–H groups in total. The van der Waals surface area contributed by atoms with E-state index >= 15 is 0 Å². The predicted octanol–water partition coefficient (Wildman–Crippen LogP) is 1.34. The fourth-order valence-corrected chi connectivity index (χ4v) is 3.48. The summed E-state index contributed by atoms with van der Waals surface area (Å²) in [6.07, 6.45) is 0. The molecule has 4 heteroatoms. The molecule has 14 heavy (non-hydrogen) atoms. The molecule has 0 aromatic carbocycles. The number of thiophene rings is 1. The van der Waals surface area contributed by atoms with Crippen LogP contribution < -0.4 is 5.32 Å². The molecule has 3 rings (SSSR count). The van der Waals surface area contributed by atoms with Crippen LogP contribution in [0.15, 0.2) is 17.5 Å². The Morgan fingerprint density at radius 3 is 3.07 bits per heavy atom. The van der Waals surface area contributed by atoms with Crippen LogP contribution in [0.3, 0.4) is 0 Å². The smallest absolute Gasteiger partial charge is 0.307 e. The molecule has 0 amide bonds. The Hall–Kier alpha value is -0.870. The van der Waals surface area contributed by atoms with Crippen molar-refractivity contribution >= 4 is 17.3 Å². The van der Waals surface area contributed by atoms with Crippen molar-refractivity contribution < 1.29 is 9.90 Å². The normalized spacial score (nSPS) is 39.4. The summed E-state index contributed by atoms with van der Waals surface area (Å²) in [5.74, 6) is -0.00263. The summed E-state index contributed by atoms with van der Waals surface area (Å²) in [7, 11) is 0. The summed E-state index contributed by atoms with van der Waals surface area (Å²) < 4.78 is 0. The third-order valence-electron chi connectivity index (χ3n) is 3.32. The van der Waals surface area contributed by atoms with Gasteiger partial charge in [0.05, 0.1) is 5.92 Å². The maximum atomic E-state index is 10.9. The van der Waals surface area contributed by atoms with Gasteiger partial charge in [-0.2, -0.15) is 0 Å². The van der Waals surface area contributed by atoms with Gasteiger partial charge in [0.15, 0.2) is 0 Å². The van der Waals surface area contributed by atoms with Gasteiger partial charge in [0.25, 0.3) is 0 Å². The lowest BCUT2D eigenvalue weighted by molar-refractivity contribution is -0.139. The second-order valence-electron chi connectivity index (χ2n) is 4.01. The Kier molecular flexibility index (Phi) is 1.69. The third-order valence-corrected chi connectivity index (χ3v) is 4.28. The Morgan fingerprint density at radius 1 is 1.64 bits per heavy atom. The van der Waals surface area contributed by atoms with Gasteiger partial charge in [0, 0.05) is 10.9 Å². The van der Waals surface area contributed by atoms with Crippen molar-refractivity contribution in [1.82, 2.24) is 5.32 Å². The second-order valence-corrected chi connectivity index (χ2v) is 4.99. The van der Waals surface area contributed by atoms with Crippen LogP contribution in [0.4, 0.5) is 0 Å². The van der Waals surface area contributed by atoms with Crippen molar-refractivity contribution in [3.63, 3.8) is 0 Å². The van der Waals surface area contributed by atoms with Gasteiger partial charge < -0.3 is 10.4 Å². The average molecular weight is 209 g/mol. The van der Waals surface area contributed by atoms with Crippen LogP contribution in [0.1, 0.15) is 10.9 Å². The zero-order valence-electron chi connectivity index (χ0n) is 7.51. The first kappa shape index (κ1) is 8.44. The summed E-state index contributed by atoms with van der Waals surface area (Å²) in [4.78, 5) is 12.1. The van der Waals surface area contributed by atoms with Gasteiger partial charge >= 0.3 is 5.97 Å². The van der Waals surface area contributed by atoms with Gasteiger partial charge in [0.1, 0.15) is 0 Å². The average Bonchev–Trinajstić information content (AvgIpc) is 2.57. The Bertz CT molecular complexity index is 362. The van der Waals surface area contributed by atoms with Crippen molar-refractivity contribution in [2.24, 2.45) is 17.8 Å². The van der Waals surface area contributed by atoms with E-state index in [9.17, 15) is 4.79 Å². The Morgan fingerprint density at radius 2 is 2.50 bits per heavy atom. The molecule has 1 aliphatic carbocycles. The molecule has 1 aliphatic heterocycles. The van der Waals surface area contributed by atoms with E-state index in [0.717, 1.165) is 6.54 Å². The van der Waals surface area contributed by atoms with Crippen LogP contribution in [-0.4, -0.2) is 17.6 Å². The van der Waals surface area contributed by atoms with E-state index in [0.29, 0.717) is 17.9 Å². The number of piperidine rings is 1. The molecule has 0 spiro atoms. The van der Waals surface area contributed by atoms with Gasteiger partial charge in [-0.3, -0.25) is 4.79 Å². The SMILES string of the molecule is O=C(O)C1C2CNC(c3cccs3)C21. The highest BCUT2D eigenvalue weighted by atomic mass is 32.1. The molecule has 4 unspecified atom stereocenters. The van der Waals surface area contributed by atoms with E-state index in [4.69, 9.17) is 5.11 Å². The molecule has 0 radical (unpaired) electrons. The number of aliphatic carboxylic acids is 1. The molecule has 0 bridgehead atoms. The first-order valence-electron chi connectivity index (χ1n) is 4.78. The zero-order chi connectivity index (χ0) is 9.71. The van der Waals surface area contributed by atoms with E-state index < -0.39 is 5.97 Å². The minimum atomic E-state index is -0.622. The number of nitrogens with one attached hydrogen (secondary N) is 1. The standard InChI is InChI=1S/C10H11NO2S/c12-10(13)8-5-4-11-9(7(5)8)6-2-1-3-14-6/h1-3,5,7-9,11H,4H2,(H,12,13). The minimum Gasteiger partial charge on any atom is -0.481 e. The zero-order valence-corrected chi connectivity index (χ0v) is 8.33. The van der Waals surface area contributed by atoms with Crippen molar-refractivity contribution in [3.8, 4) is 0 Å². The van der Waals surface area contributed by atoms with Crippen molar-refractivity contribution in [2.45, 2.75) is 6.04 Å². The number of fused-ring (bicyclic) bond motifs is 1. The van der Waals surface area contributed by atoms with Gasteiger partial charge in [-0.05, 0) is 29.8 Å². The number of hydrogen-bond acceptors (Lipinski definition) is 3. The van der Waals surface area contributed by atoms with Crippen LogP contribution in [0.2, 0.25) is 0 Å². The lowest BCUT2D eigenvalue weighted by Crippen LogP contribution is -2.22. The highest BCUT2D eigenvalue weighted by Gasteiger charge is 2.62. The minimum absolute atomic E-state index is 0.0941. The Labute approximate surface area is 85.8 Å². The molecule has 2 fully saturated rings. The summed E-state index contributed by atoms with van der Waals surface area (Å²) in [5, 5.41) is 14.4. The molecular weight excluding hydrogens is 198 g/mol. The van der Waals surface area contributed by atoms with Crippen LogP contribution in [0, 0.1) is 17.8 Å². The molecule has 1 saturated heterocycles. The molecule has 1 aromatic rings. The fourth-order valence-electron chi connectivity index (χ4n) is 2.62. The third kappa shape index (κ3) is 1.04.